The molecular weight excluding hydrogens is 228 g/mol. The molecule has 1 aliphatic carbocycles. The molecule has 2 rings (SSSR count). The van der Waals surface area contributed by atoms with Crippen molar-refractivity contribution >= 4 is 5.91 Å². The lowest BCUT2D eigenvalue weighted by Gasteiger charge is -2.30. The van der Waals surface area contributed by atoms with Crippen molar-refractivity contribution in [2.75, 3.05) is 26.7 Å². The van der Waals surface area contributed by atoms with Crippen LogP contribution in [-0.4, -0.2) is 49.7 Å². The minimum Gasteiger partial charge on any atom is -0.375 e. The Morgan fingerprint density at radius 2 is 2.00 bits per heavy atom. The van der Waals surface area contributed by atoms with Crippen LogP contribution in [0.4, 0.5) is 0 Å². The molecule has 1 heterocycles. The van der Waals surface area contributed by atoms with Gasteiger partial charge in [0.1, 0.15) is 0 Å². The van der Waals surface area contributed by atoms with Crippen molar-refractivity contribution in [1.82, 2.24) is 10.2 Å². The van der Waals surface area contributed by atoms with E-state index < -0.39 is 0 Å². The third-order valence-corrected chi connectivity index (χ3v) is 4.17. The van der Waals surface area contributed by atoms with Gasteiger partial charge in [0.15, 0.2) is 0 Å². The number of nitrogens with one attached hydrogen (secondary N) is 1. The summed E-state index contributed by atoms with van der Waals surface area (Å²) in [4.78, 5) is 14.2. The Morgan fingerprint density at radius 1 is 1.28 bits per heavy atom. The molecule has 1 unspecified atom stereocenters. The van der Waals surface area contributed by atoms with E-state index in [1.54, 1.807) is 0 Å². The van der Waals surface area contributed by atoms with Crippen LogP contribution in [0.25, 0.3) is 0 Å². The van der Waals surface area contributed by atoms with Crippen LogP contribution in [0.2, 0.25) is 0 Å². The van der Waals surface area contributed by atoms with Gasteiger partial charge in [0, 0.05) is 26.2 Å². The molecule has 4 nitrogen and oxygen atoms in total. The molecule has 1 saturated carbocycles. The summed E-state index contributed by atoms with van der Waals surface area (Å²) in [6.07, 6.45) is 8.13. The quantitative estimate of drug-likeness (QED) is 0.777. The molecule has 0 aromatic rings. The minimum atomic E-state index is 0.0690. The summed E-state index contributed by atoms with van der Waals surface area (Å²) >= 11 is 0. The second kappa shape index (κ2) is 7.10. The minimum absolute atomic E-state index is 0.0690. The number of ether oxygens (including phenoxy) is 1. The fourth-order valence-electron chi connectivity index (χ4n) is 2.94. The third kappa shape index (κ3) is 3.95. The van der Waals surface area contributed by atoms with Gasteiger partial charge in [-0.3, -0.25) is 4.79 Å². The van der Waals surface area contributed by atoms with Crippen LogP contribution in [0.3, 0.4) is 0 Å². The largest absolute Gasteiger partial charge is 0.375 e. The van der Waals surface area contributed by atoms with Gasteiger partial charge in [0.2, 0.25) is 5.91 Å². The van der Waals surface area contributed by atoms with Gasteiger partial charge in [-0.25, -0.2) is 0 Å². The van der Waals surface area contributed by atoms with E-state index in [4.69, 9.17) is 4.74 Å². The van der Waals surface area contributed by atoms with Gasteiger partial charge in [-0.15, -0.1) is 0 Å². The molecule has 18 heavy (non-hydrogen) atoms. The van der Waals surface area contributed by atoms with E-state index in [-0.39, 0.29) is 12.0 Å². The number of morpholine rings is 1. The van der Waals surface area contributed by atoms with Crippen LogP contribution < -0.4 is 5.32 Å². The number of hydrogen-bond acceptors (Lipinski definition) is 3. The molecule has 0 bridgehead atoms. The molecule has 104 valence electrons. The molecular formula is C14H26N2O2. The first kappa shape index (κ1) is 13.8. The smallest absolute Gasteiger partial charge is 0.225 e. The summed E-state index contributed by atoms with van der Waals surface area (Å²) in [5.74, 6) is 0.246. The predicted molar refractivity (Wildman–Crippen MR) is 71.5 cm³/mol. The Balaban J connectivity index is 1.79. The van der Waals surface area contributed by atoms with Crippen molar-refractivity contribution in [2.24, 2.45) is 0 Å². The average Bonchev–Trinajstić information content (AvgIpc) is 2.68. The lowest BCUT2D eigenvalue weighted by Crippen LogP contribution is -2.44. The van der Waals surface area contributed by atoms with E-state index in [1.807, 2.05) is 11.9 Å². The summed E-state index contributed by atoms with van der Waals surface area (Å²) < 4.78 is 5.60. The number of amides is 1. The number of carbonyl (C=O) groups is 1. The number of hydrogen-bond donors (Lipinski definition) is 1. The highest BCUT2D eigenvalue weighted by atomic mass is 16.5. The van der Waals surface area contributed by atoms with Gasteiger partial charge < -0.3 is 15.0 Å². The highest BCUT2D eigenvalue weighted by molar-refractivity contribution is 5.76. The van der Waals surface area contributed by atoms with Gasteiger partial charge >= 0.3 is 0 Å². The Kier molecular flexibility index (Phi) is 5.45. The molecule has 1 saturated heterocycles. The first-order valence-corrected chi connectivity index (χ1v) is 7.35. The molecule has 1 amide bonds. The van der Waals surface area contributed by atoms with Gasteiger partial charge in [-0.2, -0.15) is 0 Å². The normalized spacial score (nSPS) is 26.6. The summed E-state index contributed by atoms with van der Waals surface area (Å²) in [6.45, 7) is 2.44. The van der Waals surface area contributed by atoms with E-state index in [9.17, 15) is 4.79 Å². The first-order chi connectivity index (χ1) is 8.77. The number of rotatable bonds is 3. The Hall–Kier alpha value is -0.610. The molecule has 2 fully saturated rings. The Morgan fingerprint density at radius 3 is 2.61 bits per heavy atom. The van der Waals surface area contributed by atoms with Crippen molar-refractivity contribution in [3.63, 3.8) is 0 Å². The van der Waals surface area contributed by atoms with Crippen LogP contribution in [0.5, 0.6) is 0 Å². The van der Waals surface area contributed by atoms with Crippen LogP contribution in [0.15, 0.2) is 0 Å². The first-order valence-electron chi connectivity index (χ1n) is 7.35. The van der Waals surface area contributed by atoms with Crippen molar-refractivity contribution in [3.05, 3.63) is 0 Å². The predicted octanol–water partition coefficient (Wildman–Crippen LogP) is 1.55. The summed E-state index contributed by atoms with van der Waals surface area (Å²) in [6, 6.07) is 0.455. The maximum atomic E-state index is 12.2. The highest BCUT2D eigenvalue weighted by Crippen LogP contribution is 2.21. The number of carbonyl (C=O) groups excluding carboxylic acids is 1. The zero-order valence-electron chi connectivity index (χ0n) is 11.5. The van der Waals surface area contributed by atoms with Crippen molar-refractivity contribution in [1.29, 1.82) is 0 Å². The molecule has 1 atom stereocenters. The number of nitrogens with zero attached hydrogens (tertiary/aromatic N) is 1. The molecule has 1 aliphatic heterocycles. The fourth-order valence-corrected chi connectivity index (χ4v) is 2.94. The van der Waals surface area contributed by atoms with Crippen LogP contribution in [0.1, 0.15) is 44.9 Å². The average molecular weight is 254 g/mol. The second-order valence-electron chi connectivity index (χ2n) is 5.55. The van der Waals surface area contributed by atoms with Crippen molar-refractivity contribution in [3.8, 4) is 0 Å². The van der Waals surface area contributed by atoms with Crippen LogP contribution in [-0.2, 0) is 9.53 Å². The summed E-state index contributed by atoms with van der Waals surface area (Å²) in [5.41, 5.74) is 0. The van der Waals surface area contributed by atoms with Crippen LogP contribution in [0, 0.1) is 0 Å². The molecule has 4 heteroatoms. The van der Waals surface area contributed by atoms with Gasteiger partial charge in [0.25, 0.3) is 0 Å². The molecule has 2 aliphatic rings. The maximum Gasteiger partial charge on any atom is 0.225 e. The lowest BCUT2D eigenvalue weighted by molar-refractivity contribution is -0.135. The molecule has 0 radical (unpaired) electrons. The Labute approximate surface area is 110 Å². The zero-order valence-corrected chi connectivity index (χ0v) is 11.5. The fraction of sp³-hybridized carbons (Fsp3) is 0.929. The van der Waals surface area contributed by atoms with E-state index in [0.717, 1.165) is 19.7 Å². The lowest BCUT2D eigenvalue weighted by atomic mass is 10.1. The molecule has 1 N–H and O–H groups in total. The topological polar surface area (TPSA) is 41.6 Å². The second-order valence-corrected chi connectivity index (χ2v) is 5.55. The monoisotopic (exact) mass is 254 g/mol. The Bertz CT molecular complexity index is 257. The van der Waals surface area contributed by atoms with Crippen LogP contribution >= 0.6 is 0 Å². The van der Waals surface area contributed by atoms with Crippen molar-refractivity contribution in [2.45, 2.75) is 57.1 Å². The van der Waals surface area contributed by atoms with Gasteiger partial charge in [-0.05, 0) is 12.8 Å². The van der Waals surface area contributed by atoms with Gasteiger partial charge in [0.05, 0.1) is 19.1 Å². The molecule has 0 aromatic heterocycles. The third-order valence-electron chi connectivity index (χ3n) is 4.17. The van der Waals surface area contributed by atoms with E-state index in [2.05, 4.69) is 5.32 Å². The standard InChI is InChI=1S/C14H26N2O2/c1-16(12-6-4-2-3-5-7-12)14(17)10-13-11-15-8-9-18-13/h12-13,15H,2-11H2,1H3. The van der Waals surface area contributed by atoms with Gasteiger partial charge in [-0.1, -0.05) is 25.7 Å². The van der Waals surface area contributed by atoms with E-state index in [0.29, 0.717) is 12.5 Å². The zero-order chi connectivity index (χ0) is 12.8. The summed E-state index contributed by atoms with van der Waals surface area (Å²) in [5, 5.41) is 3.27. The SMILES string of the molecule is CN(C(=O)CC1CNCCO1)C1CCCCCC1. The van der Waals surface area contributed by atoms with Crippen molar-refractivity contribution < 1.29 is 9.53 Å². The molecule has 0 spiro atoms. The highest BCUT2D eigenvalue weighted by Gasteiger charge is 2.24. The maximum absolute atomic E-state index is 12.2. The van der Waals surface area contributed by atoms with E-state index in [1.165, 1.54) is 38.5 Å². The summed E-state index contributed by atoms with van der Waals surface area (Å²) in [7, 11) is 1.97. The molecule has 0 aromatic carbocycles. The van der Waals surface area contributed by atoms with E-state index >= 15 is 0 Å².